The number of amides is 1. The maximum atomic E-state index is 11.4. The summed E-state index contributed by atoms with van der Waals surface area (Å²) in [5.74, 6) is 0.611. The fourth-order valence-corrected chi connectivity index (χ4v) is 1.86. The van der Waals surface area contributed by atoms with Crippen molar-refractivity contribution in [1.82, 2.24) is 5.32 Å². The number of hydrogen-bond acceptors (Lipinski definition) is 3. The zero-order valence-corrected chi connectivity index (χ0v) is 13.0. The highest BCUT2D eigenvalue weighted by molar-refractivity contribution is 6.42. The maximum absolute atomic E-state index is 11.4. The lowest BCUT2D eigenvalue weighted by Crippen LogP contribution is -2.35. The second kappa shape index (κ2) is 8.35. The summed E-state index contributed by atoms with van der Waals surface area (Å²) in [6.07, 6.45) is -0.366. The first-order valence-corrected chi connectivity index (χ1v) is 7.17. The van der Waals surface area contributed by atoms with E-state index in [0.717, 1.165) is 0 Å². The standard InChI is InChI=1S/C14H19Cl2NO3/c1-9(2)6-13(19)17-7-10(18)8-20-12-5-3-4-11(15)14(12)16/h3-5,9-10,18H,6-8H2,1-2H3,(H,17,19). The second-order valence-electron chi connectivity index (χ2n) is 4.92. The number of carbonyl (C=O) groups excluding carboxylic acids is 1. The Labute approximate surface area is 129 Å². The maximum Gasteiger partial charge on any atom is 0.220 e. The Bertz CT molecular complexity index is 452. The molecular weight excluding hydrogens is 301 g/mol. The van der Waals surface area contributed by atoms with Crippen molar-refractivity contribution >= 4 is 29.1 Å². The van der Waals surface area contributed by atoms with Crippen LogP contribution < -0.4 is 10.1 Å². The molecule has 0 spiro atoms. The SMILES string of the molecule is CC(C)CC(=O)NCC(O)COc1cccc(Cl)c1Cl. The largest absolute Gasteiger partial charge is 0.489 e. The van der Waals surface area contributed by atoms with Crippen molar-refractivity contribution in [2.75, 3.05) is 13.2 Å². The molecule has 1 aromatic carbocycles. The zero-order valence-electron chi connectivity index (χ0n) is 11.5. The van der Waals surface area contributed by atoms with E-state index in [9.17, 15) is 9.90 Å². The van der Waals surface area contributed by atoms with Crippen molar-refractivity contribution in [1.29, 1.82) is 0 Å². The highest BCUT2D eigenvalue weighted by atomic mass is 35.5. The van der Waals surface area contributed by atoms with Crippen LogP contribution in [0.2, 0.25) is 10.0 Å². The molecule has 0 aromatic heterocycles. The van der Waals surface area contributed by atoms with Crippen LogP contribution in [-0.4, -0.2) is 30.3 Å². The lowest BCUT2D eigenvalue weighted by molar-refractivity contribution is -0.122. The third-order valence-corrected chi connectivity index (χ3v) is 3.28. The van der Waals surface area contributed by atoms with Gasteiger partial charge in [0.15, 0.2) is 0 Å². The quantitative estimate of drug-likeness (QED) is 0.812. The summed E-state index contributed by atoms with van der Waals surface area (Å²) in [4.78, 5) is 11.4. The van der Waals surface area contributed by atoms with Gasteiger partial charge in [0.2, 0.25) is 5.91 Å². The van der Waals surface area contributed by atoms with E-state index in [0.29, 0.717) is 22.2 Å². The lowest BCUT2D eigenvalue weighted by atomic mass is 10.1. The number of ether oxygens (including phenoxy) is 1. The fraction of sp³-hybridized carbons (Fsp3) is 0.500. The van der Waals surface area contributed by atoms with Crippen LogP contribution in [0.3, 0.4) is 0 Å². The van der Waals surface area contributed by atoms with Crippen LogP contribution in [0.1, 0.15) is 20.3 Å². The Morgan fingerprint density at radius 3 is 2.75 bits per heavy atom. The summed E-state index contributed by atoms with van der Waals surface area (Å²) in [5, 5.41) is 13.1. The summed E-state index contributed by atoms with van der Waals surface area (Å²) in [6, 6.07) is 5.03. The first-order valence-electron chi connectivity index (χ1n) is 6.41. The molecule has 0 aliphatic rings. The Morgan fingerprint density at radius 1 is 1.40 bits per heavy atom. The van der Waals surface area contributed by atoms with Crippen LogP contribution in [0.15, 0.2) is 18.2 Å². The van der Waals surface area contributed by atoms with Gasteiger partial charge >= 0.3 is 0 Å². The van der Waals surface area contributed by atoms with Crippen molar-refractivity contribution in [3.05, 3.63) is 28.2 Å². The zero-order chi connectivity index (χ0) is 15.1. The molecule has 2 N–H and O–H groups in total. The third kappa shape index (κ3) is 5.99. The number of nitrogens with one attached hydrogen (secondary N) is 1. The molecular formula is C14H19Cl2NO3. The molecule has 20 heavy (non-hydrogen) atoms. The van der Waals surface area contributed by atoms with Crippen LogP contribution in [0.5, 0.6) is 5.75 Å². The predicted octanol–water partition coefficient (Wildman–Crippen LogP) is 2.90. The minimum atomic E-state index is -0.804. The summed E-state index contributed by atoms with van der Waals surface area (Å²) in [6.45, 7) is 4.09. The van der Waals surface area contributed by atoms with Gasteiger partial charge in [0, 0.05) is 13.0 Å². The van der Waals surface area contributed by atoms with E-state index in [2.05, 4.69) is 5.32 Å². The van der Waals surface area contributed by atoms with Gasteiger partial charge < -0.3 is 15.2 Å². The van der Waals surface area contributed by atoms with E-state index in [1.165, 1.54) is 0 Å². The van der Waals surface area contributed by atoms with E-state index in [-0.39, 0.29) is 25.0 Å². The Balaban J connectivity index is 2.34. The molecule has 0 saturated heterocycles. The topological polar surface area (TPSA) is 58.6 Å². The summed E-state index contributed by atoms with van der Waals surface area (Å²) in [5.41, 5.74) is 0. The second-order valence-corrected chi connectivity index (χ2v) is 5.70. The van der Waals surface area contributed by atoms with Crippen LogP contribution in [-0.2, 0) is 4.79 Å². The van der Waals surface area contributed by atoms with Crippen molar-refractivity contribution in [2.24, 2.45) is 5.92 Å². The van der Waals surface area contributed by atoms with Gasteiger partial charge in [0.25, 0.3) is 0 Å². The van der Waals surface area contributed by atoms with Crippen LogP contribution in [0.25, 0.3) is 0 Å². The Kier molecular flexibility index (Phi) is 7.13. The monoisotopic (exact) mass is 319 g/mol. The van der Waals surface area contributed by atoms with Gasteiger partial charge in [-0.3, -0.25) is 4.79 Å². The van der Waals surface area contributed by atoms with Gasteiger partial charge in [-0.1, -0.05) is 43.1 Å². The third-order valence-electron chi connectivity index (χ3n) is 2.48. The Morgan fingerprint density at radius 2 is 2.10 bits per heavy atom. The molecule has 0 aliphatic carbocycles. The number of benzene rings is 1. The first kappa shape index (κ1) is 17.1. The van der Waals surface area contributed by atoms with Crippen LogP contribution >= 0.6 is 23.2 Å². The molecule has 1 aromatic rings. The summed E-state index contributed by atoms with van der Waals surface area (Å²) < 4.78 is 5.38. The molecule has 1 rings (SSSR count). The van der Waals surface area contributed by atoms with Crippen molar-refractivity contribution in [3.8, 4) is 5.75 Å². The van der Waals surface area contributed by atoms with Crippen LogP contribution in [0.4, 0.5) is 0 Å². The van der Waals surface area contributed by atoms with E-state index in [1.807, 2.05) is 13.8 Å². The lowest BCUT2D eigenvalue weighted by Gasteiger charge is -2.14. The first-order chi connectivity index (χ1) is 9.40. The van der Waals surface area contributed by atoms with E-state index >= 15 is 0 Å². The summed E-state index contributed by atoms with van der Waals surface area (Å²) >= 11 is 11.8. The number of rotatable bonds is 7. The predicted molar refractivity (Wildman–Crippen MR) is 80.4 cm³/mol. The summed E-state index contributed by atoms with van der Waals surface area (Å²) in [7, 11) is 0. The number of carbonyl (C=O) groups is 1. The average Bonchev–Trinajstić information content (AvgIpc) is 2.37. The van der Waals surface area contributed by atoms with Crippen molar-refractivity contribution in [2.45, 2.75) is 26.4 Å². The highest BCUT2D eigenvalue weighted by Crippen LogP contribution is 2.31. The molecule has 6 heteroatoms. The highest BCUT2D eigenvalue weighted by Gasteiger charge is 2.11. The molecule has 1 amide bonds. The number of halogens is 2. The smallest absolute Gasteiger partial charge is 0.220 e. The van der Waals surface area contributed by atoms with E-state index < -0.39 is 6.10 Å². The molecule has 4 nitrogen and oxygen atoms in total. The number of hydrogen-bond donors (Lipinski definition) is 2. The molecule has 0 fully saturated rings. The van der Waals surface area contributed by atoms with Gasteiger partial charge in [-0.25, -0.2) is 0 Å². The van der Waals surface area contributed by atoms with Gasteiger partial charge in [-0.15, -0.1) is 0 Å². The minimum Gasteiger partial charge on any atom is -0.489 e. The van der Waals surface area contributed by atoms with Gasteiger partial charge in [0.05, 0.1) is 5.02 Å². The molecule has 1 unspecified atom stereocenters. The fourth-order valence-electron chi connectivity index (χ4n) is 1.51. The molecule has 1 atom stereocenters. The van der Waals surface area contributed by atoms with Gasteiger partial charge in [0.1, 0.15) is 23.5 Å². The molecule has 0 aliphatic heterocycles. The van der Waals surface area contributed by atoms with E-state index in [4.69, 9.17) is 27.9 Å². The van der Waals surface area contributed by atoms with Gasteiger partial charge in [-0.2, -0.15) is 0 Å². The van der Waals surface area contributed by atoms with Crippen LogP contribution in [0, 0.1) is 5.92 Å². The molecule has 112 valence electrons. The number of aliphatic hydroxyl groups excluding tert-OH is 1. The molecule has 0 heterocycles. The molecule has 0 saturated carbocycles. The molecule has 0 bridgehead atoms. The van der Waals surface area contributed by atoms with Crippen molar-refractivity contribution in [3.63, 3.8) is 0 Å². The minimum absolute atomic E-state index is 0.0298. The molecule has 0 radical (unpaired) electrons. The Hall–Kier alpha value is -0.970. The van der Waals surface area contributed by atoms with Crippen molar-refractivity contribution < 1.29 is 14.6 Å². The normalized spacial score (nSPS) is 12.3. The number of aliphatic hydroxyl groups is 1. The average molecular weight is 320 g/mol. The van der Waals surface area contributed by atoms with Gasteiger partial charge in [-0.05, 0) is 18.1 Å². The van der Waals surface area contributed by atoms with E-state index in [1.54, 1.807) is 18.2 Å².